The fourth-order valence-corrected chi connectivity index (χ4v) is 4.51. The molecular weight excluding hydrogens is 430 g/mol. The normalized spacial score (nSPS) is 11.5. The van der Waals surface area contributed by atoms with E-state index in [1.165, 1.54) is 17.6 Å². The molecule has 0 aliphatic carbocycles. The lowest BCUT2D eigenvalue weighted by atomic mass is 10.1. The quantitative estimate of drug-likeness (QED) is 0.569. The molecule has 6 nitrogen and oxygen atoms in total. The van der Waals surface area contributed by atoms with E-state index in [0.717, 1.165) is 10.3 Å². The zero-order valence-corrected chi connectivity index (χ0v) is 19.2. The van der Waals surface area contributed by atoms with Gasteiger partial charge < -0.3 is 4.90 Å². The van der Waals surface area contributed by atoms with Gasteiger partial charge in [-0.15, -0.1) is 12.4 Å². The molecule has 0 fully saturated rings. The average Bonchev–Trinajstić information content (AvgIpc) is 3.03. The van der Waals surface area contributed by atoms with Crippen molar-refractivity contribution in [1.82, 2.24) is 9.88 Å². The van der Waals surface area contributed by atoms with Gasteiger partial charge in [0.2, 0.25) is 0 Å². The standard InChI is InChI=1S/C20H23N3O3S2.ClH/c1-14-6-5-7-15(12-14)19(24)23(11-10-22(2)3)20-21-17-9-8-16(28(4,25)26)13-18(17)27-20;/h5-9,12-13H,10-11H2,1-4H3;1H. The van der Waals surface area contributed by atoms with Crippen molar-refractivity contribution < 1.29 is 13.2 Å². The number of sulfone groups is 1. The summed E-state index contributed by atoms with van der Waals surface area (Å²) < 4.78 is 24.4. The number of thiazole rings is 1. The maximum atomic E-state index is 13.2. The number of rotatable bonds is 6. The van der Waals surface area contributed by atoms with Crippen LogP contribution in [0, 0.1) is 6.92 Å². The van der Waals surface area contributed by atoms with Crippen LogP contribution in [-0.2, 0) is 9.84 Å². The number of hydrogen-bond donors (Lipinski definition) is 0. The molecule has 9 heteroatoms. The number of hydrogen-bond acceptors (Lipinski definition) is 6. The lowest BCUT2D eigenvalue weighted by molar-refractivity contribution is 0.0985. The molecule has 0 saturated carbocycles. The topological polar surface area (TPSA) is 70.6 Å². The average molecular weight is 454 g/mol. The number of carbonyl (C=O) groups is 1. The molecule has 0 atom stereocenters. The third-order valence-corrected chi connectivity index (χ3v) is 6.44. The van der Waals surface area contributed by atoms with E-state index in [-0.39, 0.29) is 23.2 Å². The van der Waals surface area contributed by atoms with Gasteiger partial charge in [-0.25, -0.2) is 13.4 Å². The van der Waals surface area contributed by atoms with Crippen molar-refractivity contribution in [1.29, 1.82) is 0 Å². The van der Waals surface area contributed by atoms with Crippen LogP contribution in [0.4, 0.5) is 5.13 Å². The Hall–Kier alpha value is -2.00. The number of anilines is 1. The summed E-state index contributed by atoms with van der Waals surface area (Å²) >= 11 is 1.33. The van der Waals surface area contributed by atoms with Gasteiger partial charge in [0, 0.05) is 24.9 Å². The largest absolute Gasteiger partial charge is 0.308 e. The first kappa shape index (κ1) is 23.3. The van der Waals surface area contributed by atoms with Crippen molar-refractivity contribution in [3.63, 3.8) is 0 Å². The molecule has 2 aromatic carbocycles. The van der Waals surface area contributed by atoms with E-state index in [0.29, 0.717) is 29.3 Å². The van der Waals surface area contributed by atoms with Gasteiger partial charge in [-0.3, -0.25) is 9.69 Å². The molecule has 1 aromatic heterocycles. The van der Waals surface area contributed by atoms with Crippen molar-refractivity contribution in [3.8, 4) is 0 Å². The van der Waals surface area contributed by atoms with Gasteiger partial charge >= 0.3 is 0 Å². The summed E-state index contributed by atoms with van der Waals surface area (Å²) in [6.07, 6.45) is 1.18. The van der Waals surface area contributed by atoms with Crippen LogP contribution in [0.5, 0.6) is 0 Å². The molecular formula is C20H24ClN3O3S2. The molecule has 0 aliphatic heterocycles. The van der Waals surface area contributed by atoms with Gasteiger partial charge in [-0.2, -0.15) is 0 Å². The Kier molecular flexibility index (Phi) is 7.40. The second-order valence-corrected chi connectivity index (χ2v) is 10.1. The molecule has 0 aliphatic rings. The van der Waals surface area contributed by atoms with Gasteiger partial charge in [-0.1, -0.05) is 29.0 Å². The smallest absolute Gasteiger partial charge is 0.260 e. The molecule has 156 valence electrons. The van der Waals surface area contributed by atoms with Crippen LogP contribution in [0.25, 0.3) is 10.2 Å². The summed E-state index contributed by atoms with van der Waals surface area (Å²) in [6, 6.07) is 12.3. The first-order valence-corrected chi connectivity index (χ1v) is 11.5. The number of amides is 1. The Morgan fingerprint density at radius 2 is 1.83 bits per heavy atom. The minimum absolute atomic E-state index is 0. The minimum atomic E-state index is -3.30. The summed E-state index contributed by atoms with van der Waals surface area (Å²) in [5.74, 6) is -0.118. The maximum absolute atomic E-state index is 13.2. The Balaban J connectivity index is 0.00000300. The van der Waals surface area contributed by atoms with Crippen LogP contribution < -0.4 is 4.90 Å². The molecule has 0 spiro atoms. The fourth-order valence-electron chi connectivity index (χ4n) is 2.76. The SMILES string of the molecule is Cc1cccc(C(=O)N(CCN(C)C)c2nc3ccc(S(C)(=O)=O)cc3s2)c1.Cl. The van der Waals surface area contributed by atoms with Crippen molar-refractivity contribution in [2.24, 2.45) is 0 Å². The van der Waals surface area contributed by atoms with E-state index < -0.39 is 9.84 Å². The zero-order chi connectivity index (χ0) is 20.5. The number of carbonyl (C=O) groups excluding carboxylic acids is 1. The molecule has 1 amide bonds. The predicted octanol–water partition coefficient (Wildman–Crippen LogP) is 3.64. The van der Waals surface area contributed by atoms with Crippen LogP contribution in [0.1, 0.15) is 15.9 Å². The molecule has 0 saturated heterocycles. The highest BCUT2D eigenvalue weighted by molar-refractivity contribution is 7.90. The van der Waals surface area contributed by atoms with Gasteiger partial charge in [0.05, 0.1) is 15.1 Å². The Morgan fingerprint density at radius 1 is 1.10 bits per heavy atom. The summed E-state index contributed by atoms with van der Waals surface area (Å²) in [5.41, 5.74) is 2.30. The van der Waals surface area contributed by atoms with E-state index in [9.17, 15) is 13.2 Å². The Bertz CT molecular complexity index is 1130. The second kappa shape index (κ2) is 9.21. The molecule has 0 N–H and O–H groups in total. The molecule has 1 heterocycles. The molecule has 29 heavy (non-hydrogen) atoms. The minimum Gasteiger partial charge on any atom is -0.308 e. The number of aromatic nitrogens is 1. The zero-order valence-electron chi connectivity index (χ0n) is 16.7. The number of benzene rings is 2. The summed E-state index contributed by atoms with van der Waals surface area (Å²) in [6.45, 7) is 3.12. The van der Waals surface area contributed by atoms with Crippen molar-refractivity contribution in [3.05, 3.63) is 53.6 Å². The summed E-state index contributed by atoms with van der Waals surface area (Å²) in [7, 11) is 0.602. The highest BCUT2D eigenvalue weighted by Gasteiger charge is 2.22. The first-order valence-electron chi connectivity index (χ1n) is 8.79. The van der Waals surface area contributed by atoms with Crippen molar-refractivity contribution in [2.75, 3.05) is 38.3 Å². The van der Waals surface area contributed by atoms with Crippen LogP contribution in [0.3, 0.4) is 0 Å². The lowest BCUT2D eigenvalue weighted by Gasteiger charge is -2.22. The third-order valence-electron chi connectivity index (χ3n) is 4.29. The third kappa shape index (κ3) is 5.54. The van der Waals surface area contributed by atoms with E-state index in [4.69, 9.17) is 0 Å². The summed E-state index contributed by atoms with van der Waals surface area (Å²) in [4.78, 5) is 21.7. The monoisotopic (exact) mass is 453 g/mol. The van der Waals surface area contributed by atoms with E-state index >= 15 is 0 Å². The van der Waals surface area contributed by atoms with E-state index in [1.807, 2.05) is 44.1 Å². The molecule has 0 bridgehead atoms. The number of likely N-dealkylation sites (N-methyl/N-ethyl adjacent to an activating group) is 1. The molecule has 0 unspecified atom stereocenters. The second-order valence-electron chi connectivity index (χ2n) is 7.03. The van der Waals surface area contributed by atoms with E-state index in [2.05, 4.69) is 4.98 Å². The van der Waals surface area contributed by atoms with Crippen LogP contribution in [-0.4, -0.2) is 57.6 Å². The van der Waals surface area contributed by atoms with Gasteiger partial charge in [0.15, 0.2) is 15.0 Å². The Labute approximate surface area is 181 Å². The maximum Gasteiger partial charge on any atom is 0.260 e. The Morgan fingerprint density at radius 3 is 2.45 bits per heavy atom. The lowest BCUT2D eigenvalue weighted by Crippen LogP contribution is -2.36. The number of nitrogens with zero attached hydrogens (tertiary/aromatic N) is 3. The highest BCUT2D eigenvalue weighted by atomic mass is 35.5. The molecule has 0 radical (unpaired) electrons. The van der Waals surface area contributed by atoms with Gasteiger partial charge in [0.1, 0.15) is 0 Å². The number of halogens is 1. The van der Waals surface area contributed by atoms with Crippen molar-refractivity contribution >= 4 is 54.8 Å². The number of aryl methyl sites for hydroxylation is 1. The van der Waals surface area contributed by atoms with Crippen molar-refractivity contribution in [2.45, 2.75) is 11.8 Å². The molecule has 3 rings (SSSR count). The van der Waals surface area contributed by atoms with Gasteiger partial charge in [-0.05, 0) is 51.4 Å². The van der Waals surface area contributed by atoms with Crippen LogP contribution in [0.15, 0.2) is 47.4 Å². The molecule has 3 aromatic rings. The number of fused-ring (bicyclic) bond motifs is 1. The predicted molar refractivity (Wildman–Crippen MR) is 121 cm³/mol. The fraction of sp³-hybridized carbons (Fsp3) is 0.300. The van der Waals surface area contributed by atoms with E-state index in [1.54, 1.807) is 29.2 Å². The highest BCUT2D eigenvalue weighted by Crippen LogP contribution is 2.31. The summed E-state index contributed by atoms with van der Waals surface area (Å²) in [5, 5.41) is 0.564. The van der Waals surface area contributed by atoms with Crippen LogP contribution >= 0.6 is 23.7 Å². The van der Waals surface area contributed by atoms with Crippen LogP contribution in [0.2, 0.25) is 0 Å². The first-order chi connectivity index (χ1) is 13.1. The van der Waals surface area contributed by atoms with Gasteiger partial charge in [0.25, 0.3) is 5.91 Å².